The van der Waals surface area contributed by atoms with Crippen molar-refractivity contribution in [1.29, 1.82) is 5.26 Å². The van der Waals surface area contributed by atoms with E-state index in [-0.39, 0.29) is 17.9 Å². The van der Waals surface area contributed by atoms with Crippen molar-refractivity contribution in [2.75, 3.05) is 5.75 Å². The van der Waals surface area contributed by atoms with Crippen LogP contribution in [-0.2, 0) is 20.4 Å². The number of nitrogens with zero attached hydrogens (tertiary/aromatic N) is 1. The first kappa shape index (κ1) is 17.2. The van der Waals surface area contributed by atoms with Crippen LogP contribution in [0.15, 0.2) is 47.8 Å². The van der Waals surface area contributed by atoms with Gasteiger partial charge in [0.1, 0.15) is 0 Å². The van der Waals surface area contributed by atoms with Crippen molar-refractivity contribution in [3.63, 3.8) is 0 Å². The number of sulfone groups is 1. The van der Waals surface area contributed by atoms with E-state index in [1.807, 2.05) is 17.5 Å². The number of hydrogen-bond acceptors (Lipinski definition) is 5. The molecule has 0 saturated carbocycles. The molecule has 0 aliphatic rings. The van der Waals surface area contributed by atoms with Crippen LogP contribution in [0, 0.1) is 11.3 Å². The van der Waals surface area contributed by atoms with Crippen LogP contribution >= 0.6 is 11.3 Å². The Hall–Kier alpha value is -2.17. The van der Waals surface area contributed by atoms with E-state index >= 15 is 0 Å². The number of amides is 1. The topological polar surface area (TPSA) is 87.0 Å². The molecular weight excluding hydrogens is 332 g/mol. The van der Waals surface area contributed by atoms with Crippen molar-refractivity contribution in [1.82, 2.24) is 5.32 Å². The molecule has 0 bridgehead atoms. The summed E-state index contributed by atoms with van der Waals surface area (Å²) in [6, 6.07) is 13.6. The van der Waals surface area contributed by atoms with E-state index in [4.69, 9.17) is 5.26 Å². The van der Waals surface area contributed by atoms with Gasteiger partial charge in [-0.1, -0.05) is 36.4 Å². The van der Waals surface area contributed by atoms with Crippen LogP contribution in [0.4, 0.5) is 0 Å². The van der Waals surface area contributed by atoms with Crippen molar-refractivity contribution in [2.45, 2.75) is 18.2 Å². The van der Waals surface area contributed by atoms with Gasteiger partial charge in [-0.05, 0) is 17.0 Å². The molecule has 0 radical (unpaired) electrons. The van der Waals surface area contributed by atoms with Crippen molar-refractivity contribution < 1.29 is 13.2 Å². The van der Waals surface area contributed by atoms with E-state index in [0.29, 0.717) is 5.56 Å². The highest BCUT2D eigenvalue weighted by atomic mass is 32.2. The number of hydrogen-bond donors (Lipinski definition) is 1. The van der Waals surface area contributed by atoms with E-state index in [1.54, 1.807) is 36.4 Å². The minimum absolute atomic E-state index is 0.0896. The predicted molar refractivity (Wildman–Crippen MR) is 89.4 cm³/mol. The van der Waals surface area contributed by atoms with Crippen molar-refractivity contribution in [2.24, 2.45) is 0 Å². The summed E-state index contributed by atoms with van der Waals surface area (Å²) in [5.41, 5.74) is 0.696. The molecule has 1 N–H and O–H groups in total. The molecule has 2 rings (SSSR count). The fraction of sp³-hybridized carbons (Fsp3) is 0.250. The molecule has 0 unspecified atom stereocenters. The molecule has 7 heteroatoms. The number of nitriles is 1. The predicted octanol–water partition coefficient (Wildman–Crippen LogP) is 2.43. The lowest BCUT2D eigenvalue weighted by atomic mass is 10.2. The second-order valence-corrected chi connectivity index (χ2v) is 8.14. The molecule has 1 aromatic heterocycles. The maximum Gasteiger partial charge on any atom is 0.222 e. The van der Waals surface area contributed by atoms with Gasteiger partial charge in [-0.15, -0.1) is 11.3 Å². The lowest BCUT2D eigenvalue weighted by Gasteiger charge is -2.10. The number of rotatable bonds is 7. The molecule has 0 aliphatic carbocycles. The highest BCUT2D eigenvalue weighted by molar-refractivity contribution is 7.90. The SMILES string of the molecule is N#C[C@@H](NC(=O)CCS(=O)(=O)Cc1ccccc1)c1cccs1. The molecule has 5 nitrogen and oxygen atoms in total. The Kier molecular flexibility index (Phi) is 5.90. The molecule has 0 aliphatic heterocycles. The summed E-state index contributed by atoms with van der Waals surface area (Å²) >= 11 is 1.37. The van der Waals surface area contributed by atoms with Gasteiger partial charge in [0.2, 0.25) is 5.91 Å². The normalized spacial score (nSPS) is 12.3. The van der Waals surface area contributed by atoms with Crippen molar-refractivity contribution in [3.8, 4) is 6.07 Å². The van der Waals surface area contributed by atoms with E-state index in [9.17, 15) is 13.2 Å². The Labute approximate surface area is 139 Å². The Balaban J connectivity index is 1.87. The lowest BCUT2D eigenvalue weighted by Crippen LogP contribution is -2.29. The third kappa shape index (κ3) is 5.51. The summed E-state index contributed by atoms with van der Waals surface area (Å²) in [5, 5.41) is 13.5. The average molecular weight is 348 g/mol. The van der Waals surface area contributed by atoms with Gasteiger partial charge in [0.05, 0.1) is 17.6 Å². The Morgan fingerprint density at radius 2 is 1.96 bits per heavy atom. The highest BCUT2D eigenvalue weighted by Crippen LogP contribution is 2.18. The van der Waals surface area contributed by atoms with Gasteiger partial charge in [-0.25, -0.2) is 8.42 Å². The fourth-order valence-electron chi connectivity index (χ4n) is 2.00. The minimum Gasteiger partial charge on any atom is -0.336 e. The van der Waals surface area contributed by atoms with Crippen LogP contribution in [0.25, 0.3) is 0 Å². The van der Waals surface area contributed by atoms with Crippen LogP contribution in [-0.4, -0.2) is 20.1 Å². The van der Waals surface area contributed by atoms with Crippen LogP contribution < -0.4 is 5.32 Å². The smallest absolute Gasteiger partial charge is 0.222 e. The monoisotopic (exact) mass is 348 g/mol. The minimum atomic E-state index is -3.37. The van der Waals surface area contributed by atoms with Gasteiger partial charge in [0, 0.05) is 11.3 Å². The van der Waals surface area contributed by atoms with Gasteiger partial charge >= 0.3 is 0 Å². The molecule has 1 heterocycles. The summed E-state index contributed by atoms with van der Waals surface area (Å²) in [7, 11) is -3.37. The molecule has 1 amide bonds. The third-order valence-corrected chi connectivity index (χ3v) is 5.67. The molecule has 23 heavy (non-hydrogen) atoms. The van der Waals surface area contributed by atoms with Crippen LogP contribution in [0.5, 0.6) is 0 Å². The molecule has 0 spiro atoms. The summed E-state index contributed by atoms with van der Waals surface area (Å²) in [6.07, 6.45) is -0.154. The van der Waals surface area contributed by atoms with Gasteiger partial charge < -0.3 is 5.32 Å². The average Bonchev–Trinajstić information content (AvgIpc) is 3.05. The largest absolute Gasteiger partial charge is 0.336 e. The number of nitrogens with one attached hydrogen (secondary N) is 1. The van der Waals surface area contributed by atoms with Gasteiger partial charge in [0.15, 0.2) is 15.9 Å². The molecule has 0 saturated heterocycles. The molecule has 0 fully saturated rings. The zero-order valence-corrected chi connectivity index (χ0v) is 13.9. The summed E-state index contributed by atoms with van der Waals surface area (Å²) in [5.74, 6) is -0.772. The highest BCUT2D eigenvalue weighted by Gasteiger charge is 2.18. The van der Waals surface area contributed by atoms with E-state index in [2.05, 4.69) is 5.32 Å². The van der Waals surface area contributed by atoms with E-state index < -0.39 is 21.8 Å². The summed E-state index contributed by atoms with van der Waals surface area (Å²) < 4.78 is 24.1. The quantitative estimate of drug-likeness (QED) is 0.832. The first-order valence-electron chi connectivity index (χ1n) is 6.97. The third-order valence-electron chi connectivity index (χ3n) is 3.13. The fourth-order valence-corrected chi connectivity index (χ4v) is 4.06. The summed E-state index contributed by atoms with van der Waals surface area (Å²) in [6.45, 7) is 0. The molecule has 2 aromatic rings. The molecule has 1 atom stereocenters. The van der Waals surface area contributed by atoms with Crippen LogP contribution in [0.1, 0.15) is 22.9 Å². The number of carbonyl (C=O) groups is 1. The Morgan fingerprint density at radius 3 is 2.57 bits per heavy atom. The zero-order valence-electron chi connectivity index (χ0n) is 12.3. The van der Waals surface area contributed by atoms with Gasteiger partial charge in [-0.2, -0.15) is 5.26 Å². The maximum atomic E-state index is 12.0. The summed E-state index contributed by atoms with van der Waals surface area (Å²) in [4.78, 5) is 12.6. The number of carbonyl (C=O) groups excluding carboxylic acids is 1. The zero-order chi connectivity index (χ0) is 16.7. The first-order valence-corrected chi connectivity index (χ1v) is 9.67. The number of benzene rings is 1. The standard InChI is InChI=1S/C16H16N2O3S2/c17-11-14(15-7-4-9-22-15)18-16(19)8-10-23(20,21)12-13-5-2-1-3-6-13/h1-7,9,14H,8,10,12H2,(H,18,19)/t14-/m1/s1. The van der Waals surface area contributed by atoms with Crippen molar-refractivity contribution in [3.05, 3.63) is 58.3 Å². The van der Waals surface area contributed by atoms with Crippen molar-refractivity contribution >= 4 is 27.1 Å². The number of thiophene rings is 1. The molecule has 1 aromatic carbocycles. The second kappa shape index (κ2) is 7.90. The second-order valence-electron chi connectivity index (χ2n) is 4.97. The lowest BCUT2D eigenvalue weighted by molar-refractivity contribution is -0.121. The van der Waals surface area contributed by atoms with Gasteiger partial charge in [0.25, 0.3) is 0 Å². The van der Waals surface area contributed by atoms with Crippen LogP contribution in [0.3, 0.4) is 0 Å². The Bertz CT molecular complexity index is 778. The Morgan fingerprint density at radius 1 is 1.22 bits per heavy atom. The van der Waals surface area contributed by atoms with E-state index in [1.165, 1.54) is 11.3 Å². The maximum absolute atomic E-state index is 12.0. The van der Waals surface area contributed by atoms with Crippen LogP contribution in [0.2, 0.25) is 0 Å². The molecular formula is C16H16N2O3S2. The molecule has 120 valence electrons. The van der Waals surface area contributed by atoms with Gasteiger partial charge in [-0.3, -0.25) is 4.79 Å². The first-order chi connectivity index (χ1) is 11.0. The van der Waals surface area contributed by atoms with E-state index in [0.717, 1.165) is 4.88 Å².